The molecule has 26 heavy (non-hydrogen) atoms. The van der Waals surface area contributed by atoms with E-state index >= 15 is 0 Å². The standard InChI is InChI=1S/C19H17F2NO4/c20-13-4-5-15(16(21)9-13)19(6-7-19)11-22-18(25)12-2-1-3-14(8-12)26-10-17(23)24/h1-5,8-9H,6-7,10-11H2,(H,22,25)(H,23,24). The third-order valence-corrected chi connectivity index (χ3v) is 4.40. The summed E-state index contributed by atoms with van der Waals surface area (Å²) in [5.41, 5.74) is 0.200. The smallest absolute Gasteiger partial charge is 0.341 e. The van der Waals surface area contributed by atoms with E-state index in [-0.39, 0.29) is 18.2 Å². The Morgan fingerprint density at radius 1 is 1.15 bits per heavy atom. The molecule has 2 N–H and O–H groups in total. The van der Waals surface area contributed by atoms with Crippen molar-refractivity contribution in [1.82, 2.24) is 5.32 Å². The van der Waals surface area contributed by atoms with Gasteiger partial charge in [0.2, 0.25) is 0 Å². The Morgan fingerprint density at radius 3 is 2.58 bits per heavy atom. The first-order valence-corrected chi connectivity index (χ1v) is 8.08. The molecule has 2 aromatic carbocycles. The van der Waals surface area contributed by atoms with Crippen molar-refractivity contribution in [2.24, 2.45) is 0 Å². The number of carbonyl (C=O) groups is 2. The van der Waals surface area contributed by atoms with Crippen molar-refractivity contribution in [1.29, 1.82) is 0 Å². The molecule has 0 radical (unpaired) electrons. The van der Waals surface area contributed by atoms with E-state index in [1.165, 1.54) is 18.2 Å². The fourth-order valence-corrected chi connectivity index (χ4v) is 2.84. The highest BCUT2D eigenvalue weighted by molar-refractivity contribution is 5.94. The summed E-state index contributed by atoms with van der Waals surface area (Å²) in [5, 5.41) is 11.4. The predicted octanol–water partition coefficient (Wildman–Crippen LogP) is 2.89. The fourth-order valence-electron chi connectivity index (χ4n) is 2.84. The van der Waals surface area contributed by atoms with Crippen LogP contribution in [0.15, 0.2) is 42.5 Å². The Hall–Kier alpha value is -2.96. The molecule has 0 saturated heterocycles. The second-order valence-electron chi connectivity index (χ2n) is 6.30. The van der Waals surface area contributed by atoms with Gasteiger partial charge in [0.1, 0.15) is 17.4 Å². The molecule has 1 saturated carbocycles. The van der Waals surface area contributed by atoms with Gasteiger partial charge >= 0.3 is 5.97 Å². The summed E-state index contributed by atoms with van der Waals surface area (Å²) in [5.74, 6) is -2.47. The van der Waals surface area contributed by atoms with E-state index in [9.17, 15) is 18.4 Å². The van der Waals surface area contributed by atoms with Gasteiger partial charge in [0.05, 0.1) is 0 Å². The number of hydrogen-bond acceptors (Lipinski definition) is 3. The van der Waals surface area contributed by atoms with Crippen LogP contribution in [0.25, 0.3) is 0 Å². The lowest BCUT2D eigenvalue weighted by molar-refractivity contribution is -0.139. The summed E-state index contributed by atoms with van der Waals surface area (Å²) >= 11 is 0. The molecule has 0 heterocycles. The number of carboxylic acid groups (broad SMARTS) is 1. The summed E-state index contributed by atoms with van der Waals surface area (Å²) in [6, 6.07) is 9.63. The van der Waals surface area contributed by atoms with E-state index in [1.54, 1.807) is 18.2 Å². The maximum absolute atomic E-state index is 14.0. The van der Waals surface area contributed by atoms with E-state index < -0.39 is 29.6 Å². The van der Waals surface area contributed by atoms with Crippen molar-refractivity contribution in [3.63, 3.8) is 0 Å². The molecule has 7 heteroatoms. The Labute approximate surface area is 148 Å². The lowest BCUT2D eigenvalue weighted by atomic mass is 9.95. The van der Waals surface area contributed by atoms with Crippen LogP contribution in [0.1, 0.15) is 28.8 Å². The van der Waals surface area contributed by atoms with Gasteiger partial charge in [0, 0.05) is 23.6 Å². The van der Waals surface area contributed by atoms with Crippen molar-refractivity contribution in [3.05, 3.63) is 65.2 Å². The summed E-state index contributed by atoms with van der Waals surface area (Å²) in [6.07, 6.45) is 1.41. The summed E-state index contributed by atoms with van der Waals surface area (Å²) in [7, 11) is 0. The van der Waals surface area contributed by atoms with Crippen LogP contribution in [0.4, 0.5) is 8.78 Å². The Kier molecular flexibility index (Phi) is 4.88. The van der Waals surface area contributed by atoms with E-state index in [2.05, 4.69) is 5.32 Å². The molecule has 0 unspecified atom stereocenters. The van der Waals surface area contributed by atoms with Gasteiger partial charge in [-0.15, -0.1) is 0 Å². The van der Waals surface area contributed by atoms with Gasteiger partial charge in [-0.1, -0.05) is 12.1 Å². The Morgan fingerprint density at radius 2 is 1.92 bits per heavy atom. The number of benzene rings is 2. The van der Waals surface area contributed by atoms with Gasteiger partial charge in [0.25, 0.3) is 5.91 Å². The van der Waals surface area contributed by atoms with Gasteiger partial charge in [-0.2, -0.15) is 0 Å². The van der Waals surface area contributed by atoms with Crippen LogP contribution in [0.3, 0.4) is 0 Å². The molecule has 0 bridgehead atoms. The maximum atomic E-state index is 14.0. The number of aliphatic carboxylic acids is 1. The van der Waals surface area contributed by atoms with Crippen LogP contribution in [0, 0.1) is 11.6 Å². The van der Waals surface area contributed by atoms with Gasteiger partial charge < -0.3 is 15.2 Å². The minimum Gasteiger partial charge on any atom is -0.482 e. The molecule has 5 nitrogen and oxygen atoms in total. The summed E-state index contributed by atoms with van der Waals surface area (Å²) in [6.45, 7) is -0.271. The van der Waals surface area contributed by atoms with Crippen LogP contribution >= 0.6 is 0 Å². The van der Waals surface area contributed by atoms with E-state index in [0.717, 1.165) is 6.07 Å². The zero-order chi connectivity index (χ0) is 18.7. The fraction of sp³-hybridized carbons (Fsp3) is 0.263. The first-order valence-electron chi connectivity index (χ1n) is 8.08. The van der Waals surface area contributed by atoms with Crippen molar-refractivity contribution < 1.29 is 28.2 Å². The minimum absolute atomic E-state index is 0.231. The van der Waals surface area contributed by atoms with Crippen LogP contribution < -0.4 is 10.1 Å². The number of carboxylic acids is 1. The van der Waals surface area contributed by atoms with Crippen LogP contribution in [-0.2, 0) is 10.2 Å². The number of ether oxygens (including phenoxy) is 1. The molecule has 136 valence electrons. The van der Waals surface area contributed by atoms with Crippen molar-refractivity contribution in [3.8, 4) is 5.75 Å². The highest BCUT2D eigenvalue weighted by atomic mass is 19.1. The lowest BCUT2D eigenvalue weighted by Crippen LogP contribution is -2.32. The Bertz CT molecular complexity index is 849. The summed E-state index contributed by atoms with van der Waals surface area (Å²) < 4.78 is 32.2. The third-order valence-electron chi connectivity index (χ3n) is 4.40. The van der Waals surface area contributed by atoms with Gasteiger partial charge in [-0.05, 0) is 42.7 Å². The first kappa shape index (κ1) is 17.8. The van der Waals surface area contributed by atoms with Crippen molar-refractivity contribution in [2.45, 2.75) is 18.3 Å². The predicted molar refractivity (Wildman–Crippen MR) is 89.2 cm³/mol. The average Bonchev–Trinajstić information content (AvgIpc) is 3.39. The Balaban J connectivity index is 1.65. The minimum atomic E-state index is -1.11. The van der Waals surface area contributed by atoms with Crippen molar-refractivity contribution in [2.75, 3.05) is 13.2 Å². The van der Waals surface area contributed by atoms with Crippen LogP contribution in [0.2, 0.25) is 0 Å². The van der Waals surface area contributed by atoms with Crippen molar-refractivity contribution >= 4 is 11.9 Å². The lowest BCUT2D eigenvalue weighted by Gasteiger charge is -2.17. The van der Waals surface area contributed by atoms with E-state index in [1.807, 2.05) is 0 Å². The second kappa shape index (κ2) is 7.11. The zero-order valence-electron chi connectivity index (χ0n) is 13.8. The molecule has 3 rings (SSSR count). The molecule has 1 amide bonds. The monoisotopic (exact) mass is 361 g/mol. The highest BCUT2D eigenvalue weighted by Crippen LogP contribution is 2.48. The van der Waals surface area contributed by atoms with Crippen LogP contribution in [0.5, 0.6) is 5.75 Å². The quantitative estimate of drug-likeness (QED) is 0.795. The molecule has 0 spiro atoms. The molecule has 1 aliphatic carbocycles. The average molecular weight is 361 g/mol. The van der Waals surface area contributed by atoms with E-state index in [4.69, 9.17) is 9.84 Å². The molecular weight excluding hydrogens is 344 g/mol. The van der Waals surface area contributed by atoms with Crippen LogP contribution in [-0.4, -0.2) is 30.1 Å². The number of hydrogen-bond donors (Lipinski definition) is 2. The molecule has 0 aromatic heterocycles. The molecule has 0 aliphatic heterocycles. The topological polar surface area (TPSA) is 75.6 Å². The zero-order valence-corrected chi connectivity index (χ0v) is 13.8. The second-order valence-corrected chi connectivity index (χ2v) is 6.30. The van der Waals surface area contributed by atoms with Gasteiger partial charge in [0.15, 0.2) is 6.61 Å². The number of carbonyl (C=O) groups excluding carboxylic acids is 1. The largest absolute Gasteiger partial charge is 0.482 e. The molecule has 2 aromatic rings. The SMILES string of the molecule is O=C(O)COc1cccc(C(=O)NCC2(c3ccc(F)cc3F)CC2)c1. The van der Waals surface area contributed by atoms with Gasteiger partial charge in [-0.3, -0.25) is 4.79 Å². The highest BCUT2D eigenvalue weighted by Gasteiger charge is 2.46. The third kappa shape index (κ3) is 3.99. The molecule has 1 aliphatic rings. The number of amides is 1. The number of halogens is 2. The summed E-state index contributed by atoms with van der Waals surface area (Å²) in [4.78, 5) is 22.9. The normalized spacial score (nSPS) is 14.5. The first-order chi connectivity index (χ1) is 12.4. The number of nitrogens with one attached hydrogen (secondary N) is 1. The molecule has 0 atom stereocenters. The molecule has 1 fully saturated rings. The van der Waals surface area contributed by atoms with Gasteiger partial charge in [-0.25, -0.2) is 13.6 Å². The number of rotatable bonds is 7. The van der Waals surface area contributed by atoms with E-state index in [0.29, 0.717) is 24.0 Å². The maximum Gasteiger partial charge on any atom is 0.341 e. The molecular formula is C19H17F2NO4.